The molecule has 0 radical (unpaired) electrons. The molecule has 0 aromatic carbocycles. The molecule has 0 fully saturated rings. The molecule has 58 valence electrons. The Balaban J connectivity index is 3.32. The van der Waals surface area contributed by atoms with Crippen molar-refractivity contribution in [2.24, 2.45) is 0 Å². The van der Waals surface area contributed by atoms with Crippen LogP contribution in [-0.2, 0) is 0 Å². The first kappa shape index (κ1) is 8.38. The maximum absolute atomic E-state index is 12.6. The lowest BCUT2D eigenvalue weighted by atomic mass is 10.3. The van der Waals surface area contributed by atoms with Gasteiger partial charge in [0.15, 0.2) is 0 Å². The fraction of sp³-hybridized carbons (Fsp3) is 0. The second-order valence-corrected chi connectivity index (χ2v) is 2.91. The van der Waals surface area contributed by atoms with Crippen LogP contribution in [0, 0.1) is 9.52 Å². The Morgan fingerprint density at radius 1 is 1.73 bits per heavy atom. The van der Waals surface area contributed by atoms with Crippen molar-refractivity contribution in [3.63, 3.8) is 0 Å². The SMILES string of the molecule is O=C([O-])c1c(I)ccnc1F. The predicted octanol–water partition coefficient (Wildman–Crippen LogP) is 0.189. The Bertz CT molecular complexity index is 282. The number of pyridine rings is 1. The molecule has 1 aromatic rings. The quantitative estimate of drug-likeness (QED) is 0.538. The number of halogens is 2. The monoisotopic (exact) mass is 266 g/mol. The number of carbonyl (C=O) groups excluding carboxylic acids is 1. The van der Waals surface area contributed by atoms with Crippen molar-refractivity contribution in [1.29, 1.82) is 0 Å². The number of rotatable bonds is 1. The van der Waals surface area contributed by atoms with Crippen LogP contribution in [0.5, 0.6) is 0 Å². The molecule has 0 aliphatic carbocycles. The summed E-state index contributed by atoms with van der Waals surface area (Å²) in [5.41, 5.74) is -0.479. The van der Waals surface area contributed by atoms with Gasteiger partial charge in [-0.25, -0.2) is 4.98 Å². The van der Waals surface area contributed by atoms with Gasteiger partial charge in [0.05, 0.1) is 11.5 Å². The minimum atomic E-state index is -1.54. The average Bonchev–Trinajstić information content (AvgIpc) is 1.85. The first-order chi connectivity index (χ1) is 5.13. The molecular weight excluding hydrogens is 264 g/mol. The summed E-state index contributed by atoms with van der Waals surface area (Å²) >= 11 is 1.70. The fourth-order valence-corrected chi connectivity index (χ4v) is 1.20. The molecule has 0 spiro atoms. The van der Waals surface area contributed by atoms with Crippen molar-refractivity contribution in [3.05, 3.63) is 27.3 Å². The van der Waals surface area contributed by atoms with E-state index in [1.807, 2.05) is 0 Å². The lowest BCUT2D eigenvalue weighted by Gasteiger charge is -2.04. The molecule has 0 amide bonds. The molecule has 0 aliphatic rings. The van der Waals surface area contributed by atoms with E-state index in [4.69, 9.17) is 0 Å². The number of carboxylic acid groups (broad SMARTS) is 1. The summed E-state index contributed by atoms with van der Waals surface area (Å²) in [6, 6.07) is 1.40. The Morgan fingerprint density at radius 3 is 2.73 bits per heavy atom. The zero-order valence-corrected chi connectivity index (χ0v) is 7.33. The van der Waals surface area contributed by atoms with E-state index in [9.17, 15) is 14.3 Å². The smallest absolute Gasteiger partial charge is 0.223 e. The summed E-state index contributed by atoms with van der Waals surface area (Å²) in [5, 5.41) is 10.2. The molecule has 0 saturated carbocycles. The summed E-state index contributed by atoms with van der Waals surface area (Å²) in [7, 11) is 0. The predicted molar refractivity (Wildman–Crippen MR) is 41.2 cm³/mol. The summed E-state index contributed by atoms with van der Waals surface area (Å²) in [4.78, 5) is 13.4. The minimum Gasteiger partial charge on any atom is -0.545 e. The Hall–Kier alpha value is -0.720. The van der Waals surface area contributed by atoms with E-state index in [1.165, 1.54) is 12.3 Å². The van der Waals surface area contributed by atoms with Crippen LogP contribution in [0.4, 0.5) is 4.39 Å². The highest BCUT2D eigenvalue weighted by Gasteiger charge is 2.07. The first-order valence-electron chi connectivity index (χ1n) is 2.64. The van der Waals surface area contributed by atoms with Crippen LogP contribution < -0.4 is 5.11 Å². The van der Waals surface area contributed by atoms with Gasteiger partial charge in [-0.05, 0) is 28.7 Å². The fourth-order valence-electron chi connectivity index (χ4n) is 0.596. The number of aromatic nitrogens is 1. The molecule has 0 unspecified atom stereocenters. The molecule has 0 bridgehead atoms. The molecule has 0 aliphatic heterocycles. The van der Waals surface area contributed by atoms with E-state index in [1.54, 1.807) is 22.6 Å². The molecule has 3 nitrogen and oxygen atoms in total. The lowest BCUT2D eigenvalue weighted by molar-refractivity contribution is -0.255. The van der Waals surface area contributed by atoms with E-state index in [0.717, 1.165) is 0 Å². The number of nitrogens with zero attached hydrogens (tertiary/aromatic N) is 1. The zero-order chi connectivity index (χ0) is 8.43. The summed E-state index contributed by atoms with van der Waals surface area (Å²) in [6.07, 6.45) is 1.20. The van der Waals surface area contributed by atoms with E-state index in [2.05, 4.69) is 4.98 Å². The van der Waals surface area contributed by atoms with Crippen LogP contribution in [0.2, 0.25) is 0 Å². The van der Waals surface area contributed by atoms with Crippen LogP contribution >= 0.6 is 22.6 Å². The first-order valence-corrected chi connectivity index (χ1v) is 3.72. The molecule has 0 N–H and O–H groups in total. The zero-order valence-electron chi connectivity index (χ0n) is 5.17. The Labute approximate surface area is 75.4 Å². The van der Waals surface area contributed by atoms with Gasteiger partial charge >= 0.3 is 0 Å². The normalized spacial score (nSPS) is 9.64. The summed E-state index contributed by atoms with van der Waals surface area (Å²) in [6.45, 7) is 0. The van der Waals surface area contributed by atoms with Crippen LogP contribution in [0.1, 0.15) is 10.4 Å². The highest BCUT2D eigenvalue weighted by Crippen LogP contribution is 2.12. The van der Waals surface area contributed by atoms with Crippen LogP contribution in [0.25, 0.3) is 0 Å². The molecule has 5 heteroatoms. The van der Waals surface area contributed by atoms with Crippen molar-refractivity contribution < 1.29 is 14.3 Å². The van der Waals surface area contributed by atoms with Gasteiger partial charge in [-0.2, -0.15) is 4.39 Å². The third-order valence-corrected chi connectivity index (χ3v) is 1.96. The minimum absolute atomic E-state index is 0.287. The molecule has 1 aromatic heterocycles. The second kappa shape index (κ2) is 3.12. The number of hydrogen-bond acceptors (Lipinski definition) is 3. The van der Waals surface area contributed by atoms with Crippen LogP contribution in [-0.4, -0.2) is 11.0 Å². The van der Waals surface area contributed by atoms with Crippen LogP contribution in [0.15, 0.2) is 12.3 Å². The topological polar surface area (TPSA) is 53.0 Å². The standard InChI is InChI=1S/C6H3FINO2/c7-5-4(6(10)11)3(8)1-2-9-5/h1-2H,(H,10,11)/p-1. The van der Waals surface area contributed by atoms with Gasteiger partial charge < -0.3 is 9.90 Å². The van der Waals surface area contributed by atoms with Gasteiger partial charge in [0.25, 0.3) is 0 Å². The van der Waals surface area contributed by atoms with Gasteiger partial charge in [0, 0.05) is 9.77 Å². The number of carboxylic acids is 1. The molecule has 0 saturated heterocycles. The molecular formula is C6H2FINO2-. The summed E-state index contributed by atoms with van der Waals surface area (Å²) < 4.78 is 12.9. The number of hydrogen-bond donors (Lipinski definition) is 0. The third-order valence-electron chi connectivity index (χ3n) is 1.06. The van der Waals surface area contributed by atoms with Crippen molar-refractivity contribution in [2.75, 3.05) is 0 Å². The van der Waals surface area contributed by atoms with Crippen molar-refractivity contribution >= 4 is 28.6 Å². The van der Waals surface area contributed by atoms with Gasteiger partial charge in [0.2, 0.25) is 5.95 Å². The average molecular weight is 266 g/mol. The molecule has 11 heavy (non-hydrogen) atoms. The van der Waals surface area contributed by atoms with Gasteiger partial charge in [-0.1, -0.05) is 0 Å². The van der Waals surface area contributed by atoms with Crippen molar-refractivity contribution in [2.45, 2.75) is 0 Å². The van der Waals surface area contributed by atoms with Gasteiger partial charge in [-0.15, -0.1) is 0 Å². The number of aromatic carboxylic acids is 1. The third kappa shape index (κ3) is 1.65. The maximum atomic E-state index is 12.6. The highest BCUT2D eigenvalue weighted by atomic mass is 127. The van der Waals surface area contributed by atoms with E-state index in [-0.39, 0.29) is 3.57 Å². The van der Waals surface area contributed by atoms with E-state index in [0.29, 0.717) is 0 Å². The lowest BCUT2D eigenvalue weighted by Crippen LogP contribution is -2.25. The summed E-state index contributed by atoms with van der Waals surface area (Å²) in [5.74, 6) is -2.54. The van der Waals surface area contributed by atoms with Crippen molar-refractivity contribution in [1.82, 2.24) is 4.98 Å². The second-order valence-electron chi connectivity index (χ2n) is 1.75. The molecule has 0 atom stereocenters. The van der Waals surface area contributed by atoms with E-state index < -0.39 is 17.5 Å². The maximum Gasteiger partial charge on any atom is 0.223 e. The van der Waals surface area contributed by atoms with E-state index >= 15 is 0 Å². The Morgan fingerprint density at radius 2 is 2.36 bits per heavy atom. The Kier molecular flexibility index (Phi) is 2.38. The number of carbonyl (C=O) groups is 1. The van der Waals surface area contributed by atoms with Crippen LogP contribution in [0.3, 0.4) is 0 Å². The van der Waals surface area contributed by atoms with Crippen molar-refractivity contribution in [3.8, 4) is 0 Å². The van der Waals surface area contributed by atoms with Gasteiger partial charge in [0.1, 0.15) is 0 Å². The highest BCUT2D eigenvalue weighted by molar-refractivity contribution is 14.1. The molecule has 1 rings (SSSR count). The largest absolute Gasteiger partial charge is 0.545 e. The van der Waals surface area contributed by atoms with Gasteiger partial charge in [-0.3, -0.25) is 0 Å². The molecule has 1 heterocycles.